The molecule has 0 fully saturated rings. The van der Waals surface area contributed by atoms with Crippen molar-refractivity contribution in [3.8, 4) is 10.4 Å². The molecule has 0 radical (unpaired) electrons. The Morgan fingerprint density at radius 3 is 2.58 bits per heavy atom. The van der Waals surface area contributed by atoms with Crippen molar-refractivity contribution in [1.82, 2.24) is 0 Å². The molecule has 0 aliphatic carbocycles. The van der Waals surface area contributed by atoms with Crippen molar-refractivity contribution in [2.45, 2.75) is 13.0 Å². The van der Waals surface area contributed by atoms with Gasteiger partial charge in [0.2, 0.25) is 6.41 Å². The fourth-order valence-corrected chi connectivity index (χ4v) is 4.41. The molecule has 1 heterocycles. The molecule has 0 aliphatic rings. The molecule has 1 amide bonds. The van der Waals surface area contributed by atoms with Crippen molar-refractivity contribution in [1.29, 1.82) is 0 Å². The molecule has 24 heavy (non-hydrogen) atoms. The van der Waals surface area contributed by atoms with Crippen molar-refractivity contribution in [2.75, 3.05) is 24.0 Å². The summed E-state index contributed by atoms with van der Waals surface area (Å²) >= 11 is 1.34. The van der Waals surface area contributed by atoms with Gasteiger partial charge in [-0.05, 0) is 18.6 Å². The van der Waals surface area contributed by atoms with Gasteiger partial charge in [0, 0.05) is 33.7 Å². The van der Waals surface area contributed by atoms with Crippen molar-refractivity contribution >= 4 is 39.5 Å². The SMILES string of the molecule is COC(=O)c1cc(-c2ccccc2)sc1N(C=O)C(C)CS(C)=O. The van der Waals surface area contributed by atoms with Crippen LogP contribution in [-0.4, -0.2) is 41.7 Å². The molecule has 7 heteroatoms. The lowest BCUT2D eigenvalue weighted by Crippen LogP contribution is -2.36. The molecular weight excluding hydrogens is 346 g/mol. The fourth-order valence-electron chi connectivity index (χ4n) is 2.35. The average molecular weight is 365 g/mol. The number of ether oxygens (including phenoxy) is 1. The van der Waals surface area contributed by atoms with Crippen LogP contribution < -0.4 is 4.90 Å². The molecule has 0 spiro atoms. The summed E-state index contributed by atoms with van der Waals surface area (Å²) in [4.78, 5) is 26.1. The molecule has 2 atom stereocenters. The number of hydrogen-bond acceptors (Lipinski definition) is 5. The van der Waals surface area contributed by atoms with Crippen LogP contribution >= 0.6 is 11.3 Å². The van der Waals surface area contributed by atoms with Gasteiger partial charge in [0.1, 0.15) is 5.00 Å². The molecule has 5 nitrogen and oxygen atoms in total. The minimum Gasteiger partial charge on any atom is -0.465 e. The zero-order chi connectivity index (χ0) is 17.7. The highest BCUT2D eigenvalue weighted by molar-refractivity contribution is 7.84. The summed E-state index contributed by atoms with van der Waals surface area (Å²) < 4.78 is 16.3. The van der Waals surface area contributed by atoms with Crippen molar-refractivity contribution in [2.24, 2.45) is 0 Å². The number of anilines is 1. The number of carbonyl (C=O) groups is 2. The Labute approximate surface area is 147 Å². The summed E-state index contributed by atoms with van der Waals surface area (Å²) in [7, 11) is 0.255. The molecule has 2 rings (SSSR count). The van der Waals surface area contributed by atoms with E-state index in [2.05, 4.69) is 0 Å². The van der Waals surface area contributed by atoms with E-state index in [1.807, 2.05) is 30.3 Å². The number of benzene rings is 1. The van der Waals surface area contributed by atoms with E-state index in [4.69, 9.17) is 4.74 Å². The third-order valence-electron chi connectivity index (χ3n) is 3.47. The molecule has 0 saturated heterocycles. The number of nitrogens with zero attached hydrogens (tertiary/aromatic N) is 1. The van der Waals surface area contributed by atoms with E-state index < -0.39 is 16.8 Å². The molecule has 2 unspecified atom stereocenters. The Morgan fingerprint density at radius 1 is 1.38 bits per heavy atom. The van der Waals surface area contributed by atoms with Crippen LogP contribution in [0.3, 0.4) is 0 Å². The predicted molar refractivity (Wildman–Crippen MR) is 98.0 cm³/mol. The molecule has 0 N–H and O–H groups in total. The molecule has 0 aliphatic heterocycles. The van der Waals surface area contributed by atoms with Crippen LogP contribution in [0.25, 0.3) is 10.4 Å². The lowest BCUT2D eigenvalue weighted by atomic mass is 10.1. The molecule has 0 bridgehead atoms. The molecule has 1 aromatic carbocycles. The maximum absolute atomic E-state index is 12.1. The van der Waals surface area contributed by atoms with E-state index in [9.17, 15) is 13.8 Å². The summed E-state index contributed by atoms with van der Waals surface area (Å²) in [6.07, 6.45) is 2.26. The number of rotatable bonds is 7. The average Bonchev–Trinajstić information content (AvgIpc) is 3.00. The minimum absolute atomic E-state index is 0.293. The normalized spacial score (nSPS) is 13.1. The van der Waals surface area contributed by atoms with E-state index in [-0.39, 0.29) is 6.04 Å². The zero-order valence-corrected chi connectivity index (χ0v) is 15.4. The number of esters is 1. The van der Waals surface area contributed by atoms with Gasteiger partial charge in [-0.2, -0.15) is 0 Å². The van der Waals surface area contributed by atoms with Crippen LogP contribution in [0.15, 0.2) is 36.4 Å². The number of methoxy groups -OCH3 is 1. The van der Waals surface area contributed by atoms with Crippen molar-refractivity contribution in [3.05, 3.63) is 42.0 Å². The van der Waals surface area contributed by atoms with Crippen LogP contribution in [0.5, 0.6) is 0 Å². The first-order valence-corrected chi connectivity index (χ1v) is 9.83. The highest BCUT2D eigenvalue weighted by atomic mass is 32.2. The lowest BCUT2D eigenvalue weighted by Gasteiger charge is -2.23. The highest BCUT2D eigenvalue weighted by Crippen LogP contribution is 2.38. The third kappa shape index (κ3) is 4.10. The van der Waals surface area contributed by atoms with Gasteiger partial charge in [-0.1, -0.05) is 30.3 Å². The Bertz CT molecular complexity index is 742. The van der Waals surface area contributed by atoms with E-state index in [1.165, 1.54) is 23.3 Å². The number of hydrogen-bond donors (Lipinski definition) is 0. The second kappa shape index (κ2) is 8.21. The van der Waals surface area contributed by atoms with Crippen LogP contribution in [0.1, 0.15) is 17.3 Å². The van der Waals surface area contributed by atoms with Gasteiger partial charge in [0.05, 0.1) is 12.7 Å². The predicted octanol–water partition coefficient (Wildman–Crippen LogP) is 2.93. The number of carbonyl (C=O) groups excluding carboxylic acids is 2. The van der Waals surface area contributed by atoms with E-state index in [0.29, 0.717) is 22.7 Å². The Morgan fingerprint density at radius 2 is 2.04 bits per heavy atom. The quantitative estimate of drug-likeness (QED) is 0.559. The minimum atomic E-state index is -1.05. The standard InChI is InChI=1S/C17H19NO4S2/c1-12(10-24(3)21)18(11-19)16-14(17(20)22-2)9-15(23-16)13-7-5-4-6-8-13/h4-9,11-12H,10H2,1-3H3. The zero-order valence-electron chi connectivity index (χ0n) is 13.7. The second-order valence-electron chi connectivity index (χ2n) is 5.29. The fraction of sp³-hybridized carbons (Fsp3) is 0.294. The maximum Gasteiger partial charge on any atom is 0.340 e. The first-order valence-electron chi connectivity index (χ1n) is 7.29. The molecular formula is C17H19NO4S2. The third-order valence-corrected chi connectivity index (χ3v) is 5.62. The van der Waals surface area contributed by atoms with Gasteiger partial charge < -0.3 is 9.64 Å². The Kier molecular flexibility index (Phi) is 6.28. The summed E-state index contributed by atoms with van der Waals surface area (Å²) in [5, 5.41) is 0.508. The van der Waals surface area contributed by atoms with E-state index in [0.717, 1.165) is 10.4 Å². The Hall–Kier alpha value is -1.99. The summed E-state index contributed by atoms with van der Waals surface area (Å²) in [6, 6.07) is 11.0. The largest absolute Gasteiger partial charge is 0.465 e. The first kappa shape index (κ1) is 18.4. The van der Waals surface area contributed by atoms with Crippen LogP contribution in [0.2, 0.25) is 0 Å². The van der Waals surface area contributed by atoms with Gasteiger partial charge in [0.15, 0.2) is 0 Å². The van der Waals surface area contributed by atoms with Crippen LogP contribution in [-0.2, 0) is 20.3 Å². The smallest absolute Gasteiger partial charge is 0.340 e. The molecule has 1 aromatic heterocycles. The number of amides is 1. The monoisotopic (exact) mass is 365 g/mol. The molecule has 0 saturated carbocycles. The van der Waals surface area contributed by atoms with E-state index >= 15 is 0 Å². The highest BCUT2D eigenvalue weighted by Gasteiger charge is 2.25. The van der Waals surface area contributed by atoms with E-state index in [1.54, 1.807) is 19.2 Å². The van der Waals surface area contributed by atoms with Gasteiger partial charge in [-0.3, -0.25) is 9.00 Å². The van der Waals surface area contributed by atoms with Gasteiger partial charge in [0.25, 0.3) is 0 Å². The van der Waals surface area contributed by atoms with Crippen LogP contribution in [0.4, 0.5) is 5.00 Å². The van der Waals surface area contributed by atoms with Crippen molar-refractivity contribution in [3.63, 3.8) is 0 Å². The lowest BCUT2D eigenvalue weighted by molar-refractivity contribution is -0.107. The molecule has 128 valence electrons. The maximum atomic E-state index is 12.1. The number of thiophene rings is 1. The Balaban J connectivity index is 2.50. The topological polar surface area (TPSA) is 63.7 Å². The van der Waals surface area contributed by atoms with Gasteiger partial charge in [-0.25, -0.2) is 4.79 Å². The summed E-state index contributed by atoms with van der Waals surface area (Å²) in [5.74, 6) is -0.169. The molecule has 2 aromatic rings. The van der Waals surface area contributed by atoms with Gasteiger partial charge in [-0.15, -0.1) is 11.3 Å². The van der Waals surface area contributed by atoms with Crippen LogP contribution in [0, 0.1) is 0 Å². The summed E-state index contributed by atoms with van der Waals surface area (Å²) in [5.41, 5.74) is 1.29. The van der Waals surface area contributed by atoms with Gasteiger partial charge >= 0.3 is 5.97 Å². The van der Waals surface area contributed by atoms with Crippen molar-refractivity contribution < 1.29 is 18.5 Å². The first-order chi connectivity index (χ1) is 11.5. The second-order valence-corrected chi connectivity index (χ2v) is 7.80. The summed E-state index contributed by atoms with van der Waals surface area (Å²) in [6.45, 7) is 1.80.